The zero-order valence-electron chi connectivity index (χ0n) is 12.6. The highest BCUT2D eigenvalue weighted by Gasteiger charge is 2.47. The zero-order chi connectivity index (χ0) is 16.3. The Kier molecular flexibility index (Phi) is 5.71. The average Bonchev–Trinajstić information content (AvgIpc) is 2.84. The van der Waals surface area contributed by atoms with Crippen molar-refractivity contribution in [3.63, 3.8) is 0 Å². The van der Waals surface area contributed by atoms with E-state index in [1.807, 2.05) is 6.92 Å². The molecule has 10 heteroatoms. The van der Waals surface area contributed by atoms with Crippen molar-refractivity contribution in [2.24, 2.45) is 0 Å². The highest BCUT2D eigenvalue weighted by molar-refractivity contribution is 7.33. The van der Waals surface area contributed by atoms with Crippen molar-refractivity contribution in [1.82, 2.24) is 9.55 Å². The quantitative estimate of drug-likeness (QED) is 0.751. The van der Waals surface area contributed by atoms with Crippen LogP contribution in [0.5, 0.6) is 0 Å². The van der Waals surface area contributed by atoms with Crippen LogP contribution >= 0.6 is 8.25 Å². The second-order valence-corrected chi connectivity index (χ2v) is 5.90. The highest BCUT2D eigenvalue weighted by Crippen LogP contribution is 2.39. The minimum absolute atomic E-state index is 0.123. The number of nitrogens with two attached hydrogens (primary N) is 1. The monoisotopic (exact) mass is 333 g/mol. The van der Waals surface area contributed by atoms with Gasteiger partial charge in [-0.25, -0.2) is 4.79 Å². The molecule has 1 saturated heterocycles. The molecule has 1 aliphatic rings. The molecule has 0 aromatic carbocycles. The molecule has 2 rings (SSSR count). The first kappa shape index (κ1) is 17.1. The van der Waals surface area contributed by atoms with Crippen LogP contribution in [0.3, 0.4) is 0 Å². The molecule has 22 heavy (non-hydrogen) atoms. The van der Waals surface area contributed by atoms with E-state index in [4.69, 9.17) is 24.3 Å². The summed E-state index contributed by atoms with van der Waals surface area (Å²) in [6, 6.07) is 1.49. The third-order valence-corrected chi connectivity index (χ3v) is 4.28. The largest absolute Gasteiger partial charge is 0.383 e. The molecule has 0 saturated carbocycles. The first-order valence-corrected chi connectivity index (χ1v) is 8.01. The summed E-state index contributed by atoms with van der Waals surface area (Å²) < 4.78 is 34.2. The van der Waals surface area contributed by atoms with Gasteiger partial charge in [-0.2, -0.15) is 4.98 Å². The van der Waals surface area contributed by atoms with Gasteiger partial charge >= 0.3 is 13.9 Å². The number of ether oxygens (including phenoxy) is 2. The van der Waals surface area contributed by atoms with Crippen molar-refractivity contribution in [3.05, 3.63) is 22.7 Å². The second-order valence-electron chi connectivity index (χ2n) is 4.75. The molecule has 2 N–H and O–H groups in total. The molecule has 9 nitrogen and oxygen atoms in total. The Morgan fingerprint density at radius 2 is 2.18 bits per heavy atom. The molecule has 0 amide bonds. The van der Waals surface area contributed by atoms with Crippen LogP contribution < -0.4 is 11.4 Å². The first-order chi connectivity index (χ1) is 10.5. The van der Waals surface area contributed by atoms with Crippen LogP contribution in [0, 0.1) is 0 Å². The number of hydrogen-bond acceptors (Lipinski definition) is 8. The van der Waals surface area contributed by atoms with Crippen molar-refractivity contribution in [2.75, 3.05) is 20.0 Å². The van der Waals surface area contributed by atoms with E-state index in [9.17, 15) is 9.36 Å². The summed E-state index contributed by atoms with van der Waals surface area (Å²) in [5, 5.41) is 0. The molecular formula is C12H20N3O6P. The SMILES string of the molecule is CC[C@H]1O[C@@H](n2ccc(N)nc2=O)C(OC)C1O[PH](=O)OC. The van der Waals surface area contributed by atoms with Gasteiger partial charge in [0.1, 0.15) is 18.0 Å². The molecule has 2 heterocycles. The van der Waals surface area contributed by atoms with E-state index in [0.717, 1.165) is 0 Å². The molecule has 3 unspecified atom stereocenters. The Morgan fingerprint density at radius 1 is 1.45 bits per heavy atom. The fourth-order valence-electron chi connectivity index (χ4n) is 2.43. The minimum Gasteiger partial charge on any atom is -0.383 e. The fraction of sp³-hybridized carbons (Fsp3) is 0.667. The molecule has 124 valence electrons. The van der Waals surface area contributed by atoms with E-state index < -0.39 is 32.4 Å². The number of hydrogen-bond donors (Lipinski definition) is 1. The molecule has 0 spiro atoms. The third kappa shape index (κ3) is 3.39. The fourth-order valence-corrected chi connectivity index (χ4v) is 3.04. The van der Waals surface area contributed by atoms with Crippen LogP contribution in [0.4, 0.5) is 5.82 Å². The van der Waals surface area contributed by atoms with E-state index in [-0.39, 0.29) is 11.9 Å². The van der Waals surface area contributed by atoms with Gasteiger partial charge in [0.2, 0.25) is 0 Å². The van der Waals surface area contributed by atoms with Crippen LogP contribution in [0.2, 0.25) is 0 Å². The summed E-state index contributed by atoms with van der Waals surface area (Å²) in [6.07, 6.45) is -0.295. The van der Waals surface area contributed by atoms with E-state index in [0.29, 0.717) is 6.42 Å². The van der Waals surface area contributed by atoms with Crippen LogP contribution in [0.25, 0.3) is 0 Å². The van der Waals surface area contributed by atoms with Gasteiger partial charge in [-0.05, 0) is 12.5 Å². The third-order valence-electron chi connectivity index (χ3n) is 3.48. The number of anilines is 1. The normalized spacial score (nSPS) is 29.6. The van der Waals surface area contributed by atoms with Gasteiger partial charge in [-0.15, -0.1) is 0 Å². The molecule has 0 radical (unpaired) electrons. The molecule has 0 aliphatic carbocycles. The van der Waals surface area contributed by atoms with Crippen molar-refractivity contribution >= 4 is 14.1 Å². The average molecular weight is 333 g/mol. The number of aromatic nitrogens is 2. The smallest absolute Gasteiger partial charge is 0.351 e. The van der Waals surface area contributed by atoms with Crippen molar-refractivity contribution in [2.45, 2.75) is 37.9 Å². The van der Waals surface area contributed by atoms with Gasteiger partial charge in [-0.1, -0.05) is 6.92 Å². The predicted molar refractivity (Wildman–Crippen MR) is 78.8 cm³/mol. The lowest BCUT2D eigenvalue weighted by molar-refractivity contribution is -0.0537. The van der Waals surface area contributed by atoms with Crippen LogP contribution in [0.1, 0.15) is 19.6 Å². The summed E-state index contributed by atoms with van der Waals surface area (Å²) in [5.41, 5.74) is 4.93. The predicted octanol–water partition coefficient (Wildman–Crippen LogP) is 0.569. The maximum Gasteiger partial charge on any atom is 0.351 e. The topological polar surface area (TPSA) is 115 Å². The first-order valence-electron chi connectivity index (χ1n) is 6.79. The molecule has 1 aliphatic heterocycles. The van der Waals surface area contributed by atoms with E-state index in [1.54, 1.807) is 0 Å². The molecule has 5 atom stereocenters. The van der Waals surface area contributed by atoms with Gasteiger partial charge in [0.05, 0.1) is 6.10 Å². The number of nitrogen functional groups attached to an aromatic ring is 1. The zero-order valence-corrected chi connectivity index (χ0v) is 13.6. The van der Waals surface area contributed by atoms with E-state index in [2.05, 4.69) is 4.98 Å². The Bertz CT molecular complexity index is 594. The van der Waals surface area contributed by atoms with Gasteiger partial charge in [0.15, 0.2) is 6.23 Å². The summed E-state index contributed by atoms with van der Waals surface area (Å²) in [7, 11) is 0.114. The Morgan fingerprint density at radius 3 is 2.73 bits per heavy atom. The molecule has 1 aromatic rings. The standard InChI is InChI=1S/C12H20N3O6P/c1-4-7-9(21-22(17)19-3)10(18-2)11(20-7)15-6-5-8(13)14-12(15)16/h5-7,9-11,22H,4H2,1-3H3,(H2,13,14,16)/t7-,9?,10?,11-/m1/s1. The number of nitrogens with zero attached hydrogens (tertiary/aromatic N) is 2. The summed E-state index contributed by atoms with van der Waals surface area (Å²) in [5.74, 6) is 0.123. The van der Waals surface area contributed by atoms with Crippen molar-refractivity contribution in [1.29, 1.82) is 0 Å². The van der Waals surface area contributed by atoms with Crippen molar-refractivity contribution in [3.8, 4) is 0 Å². The van der Waals surface area contributed by atoms with Gasteiger partial charge in [0, 0.05) is 20.4 Å². The summed E-state index contributed by atoms with van der Waals surface area (Å²) in [6.45, 7) is 1.89. The van der Waals surface area contributed by atoms with E-state index >= 15 is 0 Å². The minimum atomic E-state index is -2.65. The lowest BCUT2D eigenvalue weighted by atomic mass is 10.1. The van der Waals surface area contributed by atoms with Gasteiger partial charge < -0.3 is 24.3 Å². The molecule has 1 aromatic heterocycles. The Labute approximate surface area is 128 Å². The number of rotatable bonds is 6. The summed E-state index contributed by atoms with van der Waals surface area (Å²) in [4.78, 5) is 15.7. The van der Waals surface area contributed by atoms with Gasteiger partial charge in [-0.3, -0.25) is 9.13 Å². The molecular weight excluding hydrogens is 313 g/mol. The maximum atomic E-state index is 12.0. The lowest BCUT2D eigenvalue weighted by Crippen LogP contribution is -2.37. The van der Waals surface area contributed by atoms with E-state index in [1.165, 1.54) is 31.0 Å². The maximum absolute atomic E-state index is 12.0. The van der Waals surface area contributed by atoms with Crippen molar-refractivity contribution < 1.29 is 23.1 Å². The van der Waals surface area contributed by atoms with Crippen LogP contribution in [-0.4, -0.2) is 42.1 Å². The lowest BCUT2D eigenvalue weighted by Gasteiger charge is -2.22. The Hall–Kier alpha value is -1.25. The Balaban J connectivity index is 2.32. The van der Waals surface area contributed by atoms with Gasteiger partial charge in [0.25, 0.3) is 0 Å². The second kappa shape index (κ2) is 7.34. The number of methoxy groups -OCH3 is 1. The highest BCUT2D eigenvalue weighted by atomic mass is 31.1. The van der Waals surface area contributed by atoms with Crippen LogP contribution in [-0.2, 0) is 23.1 Å². The van der Waals surface area contributed by atoms with Crippen LogP contribution in [0.15, 0.2) is 17.1 Å². The molecule has 0 bridgehead atoms. The summed E-state index contributed by atoms with van der Waals surface area (Å²) >= 11 is 0. The molecule has 1 fully saturated rings.